The maximum absolute atomic E-state index is 10.4. The minimum absolute atomic E-state index is 0. The van der Waals surface area contributed by atoms with Gasteiger partial charge < -0.3 is 30.0 Å². The van der Waals surface area contributed by atoms with Crippen LogP contribution in [0.2, 0.25) is 0 Å². The van der Waals surface area contributed by atoms with Crippen LogP contribution in [0.15, 0.2) is 48.5 Å². The second-order valence-corrected chi connectivity index (χ2v) is 4.28. The summed E-state index contributed by atoms with van der Waals surface area (Å²) in [5.74, 6) is -5.49. The molecular formula is C16H10FeO8. The smallest absolute Gasteiger partial charge is 0.545 e. The van der Waals surface area contributed by atoms with Gasteiger partial charge in [0.15, 0.2) is 0 Å². The standard InChI is InChI=1S/2C8H6O4.Fe/c2*9-7(10)5-3-1-2-4-6(5)8(11)12;/h2*1-4H,(H,9,10)(H,11,12);/q;;+2/p-2. The van der Waals surface area contributed by atoms with Crippen molar-refractivity contribution in [2.45, 2.75) is 0 Å². The molecule has 0 saturated heterocycles. The molecule has 0 bridgehead atoms. The quantitative estimate of drug-likeness (QED) is 0.666. The Hall–Kier alpha value is -3.16. The van der Waals surface area contributed by atoms with Crippen LogP contribution in [0.3, 0.4) is 0 Å². The number of hydrogen-bond acceptors (Lipinski definition) is 6. The van der Waals surface area contributed by atoms with E-state index >= 15 is 0 Å². The monoisotopic (exact) mass is 386 g/mol. The van der Waals surface area contributed by atoms with Crippen LogP contribution in [0, 0.1) is 0 Å². The summed E-state index contributed by atoms with van der Waals surface area (Å²) in [5, 5.41) is 37.8. The average Bonchev–Trinajstić information content (AvgIpc) is 2.55. The van der Waals surface area contributed by atoms with Crippen LogP contribution < -0.4 is 10.2 Å². The molecule has 2 aromatic carbocycles. The second-order valence-electron chi connectivity index (χ2n) is 4.28. The fraction of sp³-hybridized carbons (Fsp3) is 0. The predicted molar refractivity (Wildman–Crippen MR) is 75.5 cm³/mol. The summed E-state index contributed by atoms with van der Waals surface area (Å²) in [4.78, 5) is 41.6. The first-order valence-electron chi connectivity index (χ1n) is 6.33. The van der Waals surface area contributed by atoms with Crippen LogP contribution in [-0.2, 0) is 17.1 Å². The molecule has 2 N–H and O–H groups in total. The Bertz CT molecular complexity index is 667. The van der Waals surface area contributed by atoms with Crippen LogP contribution in [-0.4, -0.2) is 34.1 Å². The number of hydrogen-bond donors (Lipinski definition) is 2. The topological polar surface area (TPSA) is 155 Å². The normalized spacial score (nSPS) is 8.96. The van der Waals surface area contributed by atoms with Gasteiger partial charge in [0.25, 0.3) is 0 Å². The maximum Gasteiger partial charge on any atom is 2.00 e. The van der Waals surface area contributed by atoms with Gasteiger partial charge in [0.2, 0.25) is 0 Å². The van der Waals surface area contributed by atoms with Crippen molar-refractivity contribution in [3.63, 3.8) is 0 Å². The Balaban J connectivity index is 0.000000443. The van der Waals surface area contributed by atoms with E-state index in [4.69, 9.17) is 10.2 Å². The van der Waals surface area contributed by atoms with E-state index in [9.17, 15) is 29.4 Å². The van der Waals surface area contributed by atoms with Gasteiger partial charge in [-0.05, 0) is 12.1 Å². The van der Waals surface area contributed by atoms with E-state index in [1.807, 2.05) is 0 Å². The molecule has 0 aliphatic carbocycles. The van der Waals surface area contributed by atoms with Gasteiger partial charge in [-0.3, -0.25) is 0 Å². The zero-order valence-electron chi connectivity index (χ0n) is 12.3. The van der Waals surface area contributed by atoms with Crippen molar-refractivity contribution in [1.82, 2.24) is 0 Å². The molecule has 130 valence electrons. The SMILES string of the molecule is O=C([O-])c1ccccc1C(=O)O.O=C([O-])c1ccccc1C(=O)O.[Fe+2]. The van der Waals surface area contributed by atoms with E-state index in [1.54, 1.807) is 0 Å². The van der Waals surface area contributed by atoms with Crippen molar-refractivity contribution in [1.29, 1.82) is 0 Å². The van der Waals surface area contributed by atoms with E-state index in [1.165, 1.54) is 48.5 Å². The first-order valence-corrected chi connectivity index (χ1v) is 6.33. The van der Waals surface area contributed by atoms with Gasteiger partial charge in [-0.1, -0.05) is 36.4 Å². The van der Waals surface area contributed by atoms with Crippen molar-refractivity contribution >= 4 is 23.9 Å². The Morgan fingerprint density at radius 2 is 0.840 bits per heavy atom. The zero-order chi connectivity index (χ0) is 18.3. The minimum atomic E-state index is -1.48. The average molecular weight is 386 g/mol. The molecule has 0 aliphatic heterocycles. The third-order valence-corrected chi connectivity index (χ3v) is 2.75. The van der Waals surface area contributed by atoms with Crippen molar-refractivity contribution in [3.05, 3.63) is 70.8 Å². The van der Waals surface area contributed by atoms with Gasteiger partial charge in [0.05, 0.1) is 23.1 Å². The van der Waals surface area contributed by atoms with Crippen molar-refractivity contribution in [3.8, 4) is 0 Å². The number of carbonyl (C=O) groups is 4. The summed E-state index contributed by atoms with van der Waals surface area (Å²) in [5.41, 5.74) is -1.11. The zero-order valence-corrected chi connectivity index (χ0v) is 13.4. The molecule has 8 nitrogen and oxygen atoms in total. The van der Waals surface area contributed by atoms with Crippen LogP contribution in [0.4, 0.5) is 0 Å². The summed E-state index contributed by atoms with van der Waals surface area (Å²) >= 11 is 0. The Labute approximate surface area is 151 Å². The molecule has 0 fully saturated rings. The summed E-state index contributed by atoms with van der Waals surface area (Å²) in [7, 11) is 0. The number of rotatable bonds is 4. The number of carbonyl (C=O) groups excluding carboxylic acids is 2. The third kappa shape index (κ3) is 6.09. The molecule has 0 heterocycles. The Morgan fingerprint density at radius 1 is 0.600 bits per heavy atom. The van der Waals surface area contributed by atoms with Crippen molar-refractivity contribution in [2.75, 3.05) is 0 Å². The van der Waals surface area contributed by atoms with Gasteiger partial charge in [-0.25, -0.2) is 9.59 Å². The number of aromatic carboxylic acids is 4. The Kier molecular flexibility index (Phi) is 8.62. The Morgan fingerprint density at radius 3 is 1.00 bits per heavy atom. The van der Waals surface area contributed by atoms with Gasteiger partial charge in [0, 0.05) is 11.1 Å². The minimum Gasteiger partial charge on any atom is -0.545 e. The summed E-state index contributed by atoms with van der Waals surface area (Å²) < 4.78 is 0. The van der Waals surface area contributed by atoms with E-state index in [2.05, 4.69) is 0 Å². The summed E-state index contributed by atoms with van der Waals surface area (Å²) in [6.07, 6.45) is 0. The van der Waals surface area contributed by atoms with Crippen LogP contribution in [0.5, 0.6) is 0 Å². The molecule has 9 heteroatoms. The van der Waals surface area contributed by atoms with Crippen LogP contribution in [0.25, 0.3) is 0 Å². The first-order chi connectivity index (χ1) is 11.3. The molecule has 0 amide bonds. The summed E-state index contributed by atoms with van der Waals surface area (Å²) in [6, 6.07) is 10.6. The predicted octanol–water partition coefficient (Wildman–Crippen LogP) is -0.506. The second kappa shape index (κ2) is 9.86. The van der Waals surface area contributed by atoms with Gasteiger partial charge >= 0.3 is 29.0 Å². The molecule has 2 rings (SSSR count). The van der Waals surface area contributed by atoms with Gasteiger partial charge in [-0.15, -0.1) is 0 Å². The first kappa shape index (κ1) is 21.8. The largest absolute Gasteiger partial charge is 2.00 e. The molecule has 0 spiro atoms. The fourth-order valence-corrected chi connectivity index (χ4v) is 1.70. The van der Waals surface area contributed by atoms with Crippen LogP contribution >= 0.6 is 0 Å². The number of carboxylic acid groups (broad SMARTS) is 4. The number of benzene rings is 2. The maximum atomic E-state index is 10.4. The van der Waals surface area contributed by atoms with Gasteiger partial charge in [0.1, 0.15) is 0 Å². The fourth-order valence-electron chi connectivity index (χ4n) is 1.70. The summed E-state index contributed by atoms with van der Waals surface area (Å²) in [6.45, 7) is 0. The molecule has 0 aliphatic rings. The molecule has 25 heavy (non-hydrogen) atoms. The van der Waals surface area contributed by atoms with E-state index in [0.29, 0.717) is 0 Å². The molecule has 0 atom stereocenters. The van der Waals surface area contributed by atoms with Crippen LogP contribution in [0.1, 0.15) is 41.4 Å². The van der Waals surface area contributed by atoms with E-state index in [0.717, 1.165) is 0 Å². The van der Waals surface area contributed by atoms with Gasteiger partial charge in [-0.2, -0.15) is 0 Å². The molecule has 0 saturated carbocycles. The molecule has 0 aromatic heterocycles. The van der Waals surface area contributed by atoms with Crippen molar-refractivity contribution in [2.24, 2.45) is 0 Å². The third-order valence-electron chi connectivity index (χ3n) is 2.75. The van der Waals surface area contributed by atoms with Crippen molar-refractivity contribution < 1.29 is 56.7 Å². The van der Waals surface area contributed by atoms with E-state index in [-0.39, 0.29) is 39.3 Å². The number of carboxylic acids is 4. The molecule has 0 unspecified atom stereocenters. The molecular weight excluding hydrogens is 376 g/mol. The van der Waals surface area contributed by atoms with E-state index < -0.39 is 23.9 Å². The molecule has 2 aromatic rings. The molecule has 0 radical (unpaired) electrons.